The van der Waals surface area contributed by atoms with Crippen molar-refractivity contribution in [3.63, 3.8) is 0 Å². The Morgan fingerprint density at radius 3 is 2.58 bits per heavy atom. The maximum absolute atomic E-state index is 10.2. The Bertz CT molecular complexity index is 1060. The van der Waals surface area contributed by atoms with Crippen LogP contribution in [0.3, 0.4) is 0 Å². The molecule has 0 atom stereocenters. The lowest BCUT2D eigenvalue weighted by Crippen LogP contribution is -2.21. The van der Waals surface area contributed by atoms with Gasteiger partial charge in [0.25, 0.3) is 0 Å². The number of aromatic hydroxyl groups is 1. The minimum absolute atomic E-state index is 0.112. The van der Waals surface area contributed by atoms with Gasteiger partial charge >= 0.3 is 0 Å². The molecular formula is C27H33NO5. The van der Waals surface area contributed by atoms with E-state index in [1.807, 2.05) is 37.3 Å². The van der Waals surface area contributed by atoms with Gasteiger partial charge in [0, 0.05) is 42.4 Å². The molecule has 0 unspecified atom stereocenters. The number of unbranched alkanes of at least 4 members (excludes halogenated alkanes) is 1. The van der Waals surface area contributed by atoms with Crippen molar-refractivity contribution in [1.29, 1.82) is 0 Å². The molecule has 1 aliphatic heterocycles. The zero-order valence-corrected chi connectivity index (χ0v) is 19.5. The number of phenolic OH excluding ortho intramolecular Hbond substituents is 1. The first-order chi connectivity index (χ1) is 16.1. The lowest BCUT2D eigenvalue weighted by molar-refractivity contribution is 0.0497. The number of ether oxygens (including phenoxy) is 4. The maximum Gasteiger partial charge on any atom is 0.133 e. The van der Waals surface area contributed by atoms with Crippen molar-refractivity contribution in [2.45, 2.75) is 46.1 Å². The highest BCUT2D eigenvalue weighted by Crippen LogP contribution is 2.32. The smallest absolute Gasteiger partial charge is 0.133 e. The summed E-state index contributed by atoms with van der Waals surface area (Å²) in [6.45, 7) is 7.28. The Balaban J connectivity index is 1.48. The number of para-hydroxylation sites is 1. The van der Waals surface area contributed by atoms with Crippen LogP contribution in [0.15, 0.2) is 42.5 Å². The molecule has 176 valence electrons. The molecule has 4 rings (SSSR count). The first-order valence-electron chi connectivity index (χ1n) is 11.8. The van der Waals surface area contributed by atoms with Gasteiger partial charge in [-0.3, -0.25) is 0 Å². The maximum atomic E-state index is 10.2. The lowest BCUT2D eigenvalue weighted by atomic mass is 10.0. The number of hydrogen-bond acceptors (Lipinski definition) is 6. The molecule has 33 heavy (non-hydrogen) atoms. The molecule has 1 N–H and O–H groups in total. The number of pyridine rings is 1. The molecule has 0 radical (unpaired) electrons. The van der Waals surface area contributed by atoms with E-state index in [4.69, 9.17) is 23.9 Å². The van der Waals surface area contributed by atoms with E-state index in [-0.39, 0.29) is 12.4 Å². The van der Waals surface area contributed by atoms with E-state index in [2.05, 4.69) is 6.92 Å². The van der Waals surface area contributed by atoms with Crippen LogP contribution in [0.4, 0.5) is 0 Å². The Kier molecular flexibility index (Phi) is 7.89. The topological polar surface area (TPSA) is 70.0 Å². The van der Waals surface area contributed by atoms with Crippen LogP contribution in [0.5, 0.6) is 23.0 Å². The highest BCUT2D eigenvalue weighted by Gasteiger charge is 2.16. The number of benzene rings is 2. The van der Waals surface area contributed by atoms with E-state index in [1.165, 1.54) is 0 Å². The summed E-state index contributed by atoms with van der Waals surface area (Å²) in [5.74, 6) is 2.59. The number of nitrogens with zero attached hydrogens (tertiary/aromatic N) is 1. The predicted molar refractivity (Wildman–Crippen MR) is 128 cm³/mol. The zero-order valence-electron chi connectivity index (χ0n) is 19.5. The SMILES string of the molecule is CCCCOc1c(C)c(COc2cc(O)cc(OCC3CCOCC3)c2)nc2ccccc12. The van der Waals surface area contributed by atoms with Crippen molar-refractivity contribution in [3.05, 3.63) is 53.7 Å². The van der Waals surface area contributed by atoms with E-state index in [0.29, 0.717) is 30.6 Å². The molecule has 2 heterocycles. The first-order valence-corrected chi connectivity index (χ1v) is 11.8. The number of rotatable bonds is 10. The Hall–Kier alpha value is -2.99. The van der Waals surface area contributed by atoms with Crippen LogP contribution in [-0.4, -0.2) is 36.5 Å². The van der Waals surface area contributed by atoms with Gasteiger partial charge in [-0.05, 0) is 44.2 Å². The molecule has 0 bridgehead atoms. The molecule has 0 aliphatic carbocycles. The van der Waals surface area contributed by atoms with Crippen LogP contribution >= 0.6 is 0 Å². The number of phenols is 1. The molecule has 1 fully saturated rings. The summed E-state index contributed by atoms with van der Waals surface area (Å²) in [6, 6.07) is 13.0. The van der Waals surface area contributed by atoms with E-state index in [0.717, 1.165) is 66.8 Å². The second-order valence-corrected chi connectivity index (χ2v) is 8.55. The van der Waals surface area contributed by atoms with Crippen molar-refractivity contribution >= 4 is 10.9 Å². The molecule has 1 aromatic heterocycles. The van der Waals surface area contributed by atoms with Gasteiger partial charge in [-0.2, -0.15) is 0 Å². The fraction of sp³-hybridized carbons (Fsp3) is 0.444. The summed E-state index contributed by atoms with van der Waals surface area (Å²) in [7, 11) is 0. The summed E-state index contributed by atoms with van der Waals surface area (Å²) in [4.78, 5) is 4.81. The normalized spacial score (nSPS) is 14.4. The van der Waals surface area contributed by atoms with Crippen molar-refractivity contribution in [1.82, 2.24) is 4.98 Å². The minimum Gasteiger partial charge on any atom is -0.508 e. The van der Waals surface area contributed by atoms with Crippen molar-refractivity contribution in [3.8, 4) is 23.0 Å². The minimum atomic E-state index is 0.112. The lowest BCUT2D eigenvalue weighted by Gasteiger charge is -2.22. The van der Waals surface area contributed by atoms with Crippen LogP contribution in [0.1, 0.15) is 43.9 Å². The molecule has 3 aromatic rings. The standard InChI is InChI=1S/C27H33NO5/c1-3-4-11-31-27-19(2)26(28-25-8-6-5-7-24(25)27)18-33-23-15-21(29)14-22(16-23)32-17-20-9-12-30-13-10-20/h5-8,14-16,20,29H,3-4,9-13,17-18H2,1-2H3. The first kappa shape index (κ1) is 23.2. The van der Waals surface area contributed by atoms with E-state index < -0.39 is 0 Å². The Morgan fingerprint density at radius 1 is 1.03 bits per heavy atom. The quantitative estimate of drug-likeness (QED) is 0.392. The monoisotopic (exact) mass is 451 g/mol. The Morgan fingerprint density at radius 2 is 1.79 bits per heavy atom. The molecular weight excluding hydrogens is 418 g/mol. The van der Waals surface area contributed by atoms with Crippen LogP contribution < -0.4 is 14.2 Å². The molecule has 6 nitrogen and oxygen atoms in total. The van der Waals surface area contributed by atoms with Gasteiger partial charge in [-0.15, -0.1) is 0 Å². The van der Waals surface area contributed by atoms with Gasteiger partial charge in [0.15, 0.2) is 0 Å². The number of fused-ring (bicyclic) bond motifs is 1. The van der Waals surface area contributed by atoms with Crippen molar-refractivity contribution < 1.29 is 24.1 Å². The van der Waals surface area contributed by atoms with Gasteiger partial charge in [0.05, 0.1) is 24.4 Å². The third-order valence-electron chi connectivity index (χ3n) is 5.99. The second kappa shape index (κ2) is 11.2. The highest BCUT2D eigenvalue weighted by atomic mass is 16.5. The van der Waals surface area contributed by atoms with Crippen LogP contribution in [-0.2, 0) is 11.3 Å². The van der Waals surface area contributed by atoms with Crippen molar-refractivity contribution in [2.24, 2.45) is 5.92 Å². The fourth-order valence-corrected chi connectivity index (χ4v) is 3.97. The molecule has 0 spiro atoms. The van der Waals surface area contributed by atoms with Crippen LogP contribution in [0.2, 0.25) is 0 Å². The summed E-state index contributed by atoms with van der Waals surface area (Å²) in [5.41, 5.74) is 2.67. The van der Waals surface area contributed by atoms with Gasteiger partial charge < -0.3 is 24.1 Å². The largest absolute Gasteiger partial charge is 0.508 e. The van der Waals surface area contributed by atoms with Crippen LogP contribution in [0.25, 0.3) is 10.9 Å². The highest BCUT2D eigenvalue weighted by molar-refractivity contribution is 5.86. The predicted octanol–water partition coefficient (Wildman–Crippen LogP) is 5.81. The molecule has 0 amide bonds. The van der Waals surface area contributed by atoms with E-state index >= 15 is 0 Å². The molecule has 1 aliphatic rings. The molecule has 0 saturated carbocycles. The zero-order chi connectivity index (χ0) is 23.0. The summed E-state index contributed by atoms with van der Waals surface area (Å²) < 4.78 is 23.5. The fourth-order valence-electron chi connectivity index (χ4n) is 3.97. The summed E-state index contributed by atoms with van der Waals surface area (Å²) in [6.07, 6.45) is 4.08. The van der Waals surface area contributed by atoms with E-state index in [1.54, 1.807) is 12.1 Å². The second-order valence-electron chi connectivity index (χ2n) is 8.55. The molecule has 1 saturated heterocycles. The summed E-state index contributed by atoms with van der Waals surface area (Å²) >= 11 is 0. The Labute approximate surface area is 195 Å². The third-order valence-corrected chi connectivity index (χ3v) is 5.99. The summed E-state index contributed by atoms with van der Waals surface area (Å²) in [5, 5.41) is 11.2. The van der Waals surface area contributed by atoms with Gasteiger partial charge in [-0.1, -0.05) is 25.5 Å². The van der Waals surface area contributed by atoms with Gasteiger partial charge in [-0.25, -0.2) is 4.98 Å². The van der Waals surface area contributed by atoms with Gasteiger partial charge in [0.2, 0.25) is 0 Å². The third kappa shape index (κ3) is 6.08. The number of aromatic nitrogens is 1. The van der Waals surface area contributed by atoms with Crippen molar-refractivity contribution in [2.75, 3.05) is 26.4 Å². The molecule has 2 aromatic carbocycles. The van der Waals surface area contributed by atoms with E-state index in [9.17, 15) is 5.11 Å². The average Bonchev–Trinajstić information content (AvgIpc) is 2.83. The van der Waals surface area contributed by atoms with Crippen LogP contribution in [0, 0.1) is 12.8 Å². The number of hydrogen-bond donors (Lipinski definition) is 1. The van der Waals surface area contributed by atoms with Gasteiger partial charge in [0.1, 0.15) is 29.6 Å². The molecule has 6 heteroatoms. The average molecular weight is 452 g/mol.